The summed E-state index contributed by atoms with van der Waals surface area (Å²) in [6.45, 7) is 0.844. The lowest BCUT2D eigenvalue weighted by molar-refractivity contribution is -0.138. The molecule has 1 unspecified atom stereocenters. The molecule has 0 saturated carbocycles. The maximum absolute atomic E-state index is 12.7. The van der Waals surface area contributed by atoms with Crippen molar-refractivity contribution in [2.24, 2.45) is 0 Å². The standard InChI is InChI=1S/C20H18N2O/c23-20(22-11-10-19(22)15-6-2-1-3-7-15)12-17-14-21-13-16-8-4-5-9-18(16)17/h1-9,13-14,19H,10-12H2. The molecule has 1 aliphatic rings. The average molecular weight is 302 g/mol. The van der Waals surface area contributed by atoms with E-state index < -0.39 is 0 Å². The maximum Gasteiger partial charge on any atom is 0.227 e. The Hall–Kier alpha value is -2.68. The zero-order valence-electron chi connectivity index (χ0n) is 12.9. The van der Waals surface area contributed by atoms with Gasteiger partial charge < -0.3 is 4.90 Å². The number of nitrogens with zero attached hydrogens (tertiary/aromatic N) is 2. The Labute approximate surface area is 135 Å². The molecular formula is C20H18N2O. The lowest BCUT2D eigenvalue weighted by Crippen LogP contribution is -2.45. The van der Waals surface area contributed by atoms with Crippen molar-refractivity contribution in [2.45, 2.75) is 18.9 Å². The Kier molecular flexibility index (Phi) is 3.54. The van der Waals surface area contributed by atoms with E-state index in [1.54, 1.807) is 0 Å². The van der Waals surface area contributed by atoms with Crippen LogP contribution in [0.3, 0.4) is 0 Å². The maximum atomic E-state index is 12.7. The fourth-order valence-corrected chi connectivity index (χ4v) is 3.29. The summed E-state index contributed by atoms with van der Waals surface area (Å²) in [5, 5.41) is 2.20. The van der Waals surface area contributed by atoms with Crippen molar-refractivity contribution < 1.29 is 4.79 Å². The minimum absolute atomic E-state index is 0.184. The van der Waals surface area contributed by atoms with Gasteiger partial charge in [-0.1, -0.05) is 54.6 Å². The molecule has 1 atom stereocenters. The van der Waals surface area contributed by atoms with Gasteiger partial charge in [0, 0.05) is 24.3 Å². The van der Waals surface area contributed by atoms with Crippen LogP contribution in [0.15, 0.2) is 67.0 Å². The van der Waals surface area contributed by atoms with Gasteiger partial charge in [0.15, 0.2) is 0 Å². The molecule has 4 rings (SSSR count). The summed E-state index contributed by atoms with van der Waals surface area (Å²) in [4.78, 5) is 19.0. The molecule has 3 nitrogen and oxygen atoms in total. The molecular weight excluding hydrogens is 284 g/mol. The Morgan fingerprint density at radius 1 is 1.04 bits per heavy atom. The summed E-state index contributed by atoms with van der Waals surface area (Å²) in [7, 11) is 0. The minimum Gasteiger partial charge on any atom is -0.335 e. The van der Waals surface area contributed by atoms with Crippen LogP contribution < -0.4 is 0 Å². The molecule has 2 aromatic carbocycles. The molecule has 1 amide bonds. The predicted octanol–water partition coefficient (Wildman–Crippen LogP) is 3.75. The molecule has 0 N–H and O–H groups in total. The SMILES string of the molecule is O=C(Cc1cncc2ccccc12)N1CCC1c1ccccc1. The zero-order valence-corrected chi connectivity index (χ0v) is 12.9. The van der Waals surface area contributed by atoms with Crippen LogP contribution in [0.4, 0.5) is 0 Å². The van der Waals surface area contributed by atoms with E-state index in [2.05, 4.69) is 23.2 Å². The van der Waals surface area contributed by atoms with Crippen molar-refractivity contribution in [1.82, 2.24) is 9.88 Å². The summed E-state index contributed by atoms with van der Waals surface area (Å²) < 4.78 is 0. The number of fused-ring (bicyclic) bond motifs is 1. The third-order valence-electron chi connectivity index (χ3n) is 4.62. The van der Waals surface area contributed by atoms with Crippen molar-refractivity contribution in [3.63, 3.8) is 0 Å². The molecule has 1 fully saturated rings. The van der Waals surface area contributed by atoms with Crippen LogP contribution in [0.25, 0.3) is 10.8 Å². The van der Waals surface area contributed by atoms with Gasteiger partial charge in [-0.15, -0.1) is 0 Å². The van der Waals surface area contributed by atoms with Crippen molar-refractivity contribution in [3.8, 4) is 0 Å². The van der Waals surface area contributed by atoms with Gasteiger partial charge in [0.1, 0.15) is 0 Å². The molecule has 3 aromatic rings. The normalized spacial score (nSPS) is 17.0. The third kappa shape index (κ3) is 2.59. The number of pyridine rings is 1. The summed E-state index contributed by atoms with van der Waals surface area (Å²) in [6.07, 6.45) is 5.12. The second-order valence-electron chi connectivity index (χ2n) is 6.00. The molecule has 1 aromatic heterocycles. The monoisotopic (exact) mass is 302 g/mol. The lowest BCUT2D eigenvalue weighted by Gasteiger charge is -2.41. The molecule has 114 valence electrons. The van der Waals surface area contributed by atoms with E-state index in [0.717, 1.165) is 29.3 Å². The van der Waals surface area contributed by atoms with Crippen LogP contribution in [-0.4, -0.2) is 22.3 Å². The summed E-state index contributed by atoms with van der Waals surface area (Å²) in [6, 6.07) is 18.6. The van der Waals surface area contributed by atoms with Gasteiger partial charge in [-0.05, 0) is 22.9 Å². The highest BCUT2D eigenvalue weighted by molar-refractivity contribution is 5.89. The highest BCUT2D eigenvalue weighted by Gasteiger charge is 2.33. The van der Waals surface area contributed by atoms with Gasteiger partial charge >= 0.3 is 0 Å². The Bertz CT molecular complexity index is 839. The fraction of sp³-hybridized carbons (Fsp3) is 0.200. The molecule has 3 heteroatoms. The largest absolute Gasteiger partial charge is 0.335 e. The van der Waals surface area contributed by atoms with Gasteiger partial charge in [-0.3, -0.25) is 9.78 Å². The van der Waals surface area contributed by atoms with Gasteiger partial charge in [0.25, 0.3) is 0 Å². The highest BCUT2D eigenvalue weighted by Crippen LogP contribution is 2.33. The third-order valence-corrected chi connectivity index (χ3v) is 4.62. The number of benzene rings is 2. The highest BCUT2D eigenvalue weighted by atomic mass is 16.2. The Balaban J connectivity index is 1.56. The van der Waals surface area contributed by atoms with Gasteiger partial charge in [-0.2, -0.15) is 0 Å². The second kappa shape index (κ2) is 5.84. The van der Waals surface area contributed by atoms with E-state index in [4.69, 9.17) is 0 Å². The van der Waals surface area contributed by atoms with Crippen molar-refractivity contribution >= 4 is 16.7 Å². The van der Waals surface area contributed by atoms with E-state index >= 15 is 0 Å². The molecule has 0 aliphatic carbocycles. The molecule has 1 aliphatic heterocycles. The Morgan fingerprint density at radius 3 is 2.61 bits per heavy atom. The van der Waals surface area contributed by atoms with Crippen molar-refractivity contribution in [2.75, 3.05) is 6.54 Å². The Morgan fingerprint density at radius 2 is 1.83 bits per heavy atom. The fourth-order valence-electron chi connectivity index (χ4n) is 3.29. The number of rotatable bonds is 3. The topological polar surface area (TPSA) is 33.2 Å². The van der Waals surface area contributed by atoms with E-state index in [1.165, 1.54) is 5.56 Å². The molecule has 0 spiro atoms. The van der Waals surface area contributed by atoms with E-state index in [0.29, 0.717) is 6.42 Å². The van der Waals surface area contributed by atoms with Crippen LogP contribution in [0.5, 0.6) is 0 Å². The number of amides is 1. The van der Waals surface area contributed by atoms with Gasteiger partial charge in [0.2, 0.25) is 5.91 Å². The quantitative estimate of drug-likeness (QED) is 0.738. The lowest BCUT2D eigenvalue weighted by atomic mass is 9.93. The average Bonchev–Trinajstić information content (AvgIpc) is 2.55. The number of hydrogen-bond acceptors (Lipinski definition) is 2. The van der Waals surface area contributed by atoms with Crippen LogP contribution in [0.1, 0.15) is 23.6 Å². The number of carbonyl (C=O) groups excluding carboxylic acids is 1. The predicted molar refractivity (Wildman–Crippen MR) is 91.0 cm³/mol. The minimum atomic E-state index is 0.184. The van der Waals surface area contributed by atoms with E-state index in [-0.39, 0.29) is 11.9 Å². The van der Waals surface area contributed by atoms with Crippen molar-refractivity contribution in [3.05, 3.63) is 78.1 Å². The van der Waals surface area contributed by atoms with Gasteiger partial charge in [0.05, 0.1) is 12.5 Å². The first-order chi connectivity index (χ1) is 11.3. The first-order valence-electron chi connectivity index (χ1n) is 7.99. The first-order valence-corrected chi connectivity index (χ1v) is 7.99. The smallest absolute Gasteiger partial charge is 0.227 e. The number of likely N-dealkylation sites (tertiary alicyclic amines) is 1. The number of aromatic nitrogens is 1. The van der Waals surface area contributed by atoms with Crippen LogP contribution >= 0.6 is 0 Å². The second-order valence-corrected chi connectivity index (χ2v) is 6.00. The van der Waals surface area contributed by atoms with E-state index in [9.17, 15) is 4.79 Å². The molecule has 0 radical (unpaired) electrons. The van der Waals surface area contributed by atoms with Crippen LogP contribution in [0.2, 0.25) is 0 Å². The molecule has 2 heterocycles. The molecule has 23 heavy (non-hydrogen) atoms. The molecule has 1 saturated heterocycles. The van der Waals surface area contributed by atoms with Gasteiger partial charge in [-0.25, -0.2) is 0 Å². The molecule has 0 bridgehead atoms. The number of hydrogen-bond donors (Lipinski definition) is 0. The first kappa shape index (κ1) is 13.9. The number of carbonyl (C=O) groups is 1. The summed E-state index contributed by atoms with van der Waals surface area (Å²) in [5.74, 6) is 0.184. The van der Waals surface area contributed by atoms with Crippen LogP contribution in [0, 0.1) is 0 Å². The summed E-state index contributed by atoms with van der Waals surface area (Å²) >= 11 is 0. The van der Waals surface area contributed by atoms with Crippen molar-refractivity contribution in [1.29, 1.82) is 0 Å². The summed E-state index contributed by atoms with van der Waals surface area (Å²) in [5.41, 5.74) is 2.23. The zero-order chi connectivity index (χ0) is 15.6. The van der Waals surface area contributed by atoms with Crippen LogP contribution in [-0.2, 0) is 11.2 Å². The van der Waals surface area contributed by atoms with E-state index in [1.807, 2.05) is 53.7 Å².